The summed E-state index contributed by atoms with van der Waals surface area (Å²) in [4.78, 5) is 25.6. The largest absolute Gasteiger partial charge is 0.326 e. The molecule has 1 heterocycles. The summed E-state index contributed by atoms with van der Waals surface area (Å²) in [7, 11) is 0. The number of halogens is 3. The second-order valence-electron chi connectivity index (χ2n) is 5.50. The molecule has 2 amide bonds. The molecule has 0 aromatic heterocycles. The van der Waals surface area contributed by atoms with Crippen molar-refractivity contribution in [2.75, 3.05) is 16.8 Å². The normalized spacial score (nSPS) is 17.2. The molecule has 1 fully saturated rings. The maximum atomic E-state index is 13.9. The van der Waals surface area contributed by atoms with Gasteiger partial charge in [0.05, 0.1) is 11.6 Å². The maximum Gasteiger partial charge on any atom is 0.229 e. The van der Waals surface area contributed by atoms with Crippen LogP contribution < -0.4 is 10.2 Å². The Labute approximate surface area is 145 Å². The maximum absolute atomic E-state index is 13.9. The Morgan fingerprint density at radius 3 is 2.71 bits per heavy atom. The number of anilines is 2. The average Bonchev–Trinajstić information content (AvgIpc) is 2.89. The highest BCUT2D eigenvalue weighted by molar-refractivity contribution is 9.10. The fourth-order valence-electron chi connectivity index (χ4n) is 2.63. The van der Waals surface area contributed by atoms with E-state index in [0.717, 1.165) is 16.6 Å². The second kappa shape index (κ2) is 6.68. The summed E-state index contributed by atoms with van der Waals surface area (Å²) in [5, 5.41) is 2.74. The van der Waals surface area contributed by atoms with Gasteiger partial charge in [0, 0.05) is 29.2 Å². The summed E-state index contributed by atoms with van der Waals surface area (Å²) >= 11 is 3.31. The molecule has 2 aromatic rings. The van der Waals surface area contributed by atoms with Gasteiger partial charge >= 0.3 is 0 Å². The first-order valence-electron chi connectivity index (χ1n) is 7.26. The lowest BCUT2D eigenvalue weighted by Crippen LogP contribution is -2.28. The first-order valence-corrected chi connectivity index (χ1v) is 8.05. The fraction of sp³-hybridized carbons (Fsp3) is 0.176. The third-order valence-corrected chi connectivity index (χ3v) is 4.28. The van der Waals surface area contributed by atoms with Crippen LogP contribution in [0.1, 0.15) is 6.42 Å². The zero-order valence-electron chi connectivity index (χ0n) is 12.4. The van der Waals surface area contributed by atoms with Crippen molar-refractivity contribution >= 4 is 39.1 Å². The molecule has 1 saturated heterocycles. The summed E-state index contributed by atoms with van der Waals surface area (Å²) in [6.45, 7) is 0.0568. The standard InChI is InChI=1S/C17H13BrF2N2O2/c18-11-2-1-3-13(7-11)21-17(24)10-6-16(23)22(9-10)15-5-4-12(19)8-14(15)20/h1-5,7-8,10H,6,9H2,(H,21,24). The number of carbonyl (C=O) groups excluding carboxylic acids is 2. The Kier molecular flexibility index (Phi) is 4.62. The van der Waals surface area contributed by atoms with Gasteiger partial charge in [-0.05, 0) is 30.3 Å². The molecule has 24 heavy (non-hydrogen) atoms. The number of rotatable bonds is 3. The molecule has 0 radical (unpaired) electrons. The monoisotopic (exact) mass is 394 g/mol. The van der Waals surface area contributed by atoms with Crippen LogP contribution in [0.15, 0.2) is 46.9 Å². The molecule has 2 aromatic carbocycles. The molecule has 1 aliphatic rings. The van der Waals surface area contributed by atoms with Gasteiger partial charge in [0.1, 0.15) is 11.6 Å². The summed E-state index contributed by atoms with van der Waals surface area (Å²) in [6, 6.07) is 10.1. The van der Waals surface area contributed by atoms with E-state index in [9.17, 15) is 18.4 Å². The Bertz CT molecular complexity index is 813. The van der Waals surface area contributed by atoms with E-state index in [-0.39, 0.29) is 30.5 Å². The van der Waals surface area contributed by atoms with Gasteiger partial charge in [-0.2, -0.15) is 0 Å². The van der Waals surface area contributed by atoms with E-state index in [4.69, 9.17) is 0 Å². The molecule has 1 aliphatic heterocycles. The SMILES string of the molecule is O=C(Nc1cccc(Br)c1)C1CC(=O)N(c2ccc(F)cc2F)C1. The van der Waals surface area contributed by atoms with Gasteiger partial charge in [-0.25, -0.2) is 8.78 Å². The van der Waals surface area contributed by atoms with E-state index in [2.05, 4.69) is 21.2 Å². The lowest BCUT2D eigenvalue weighted by Gasteiger charge is -2.17. The van der Waals surface area contributed by atoms with Crippen LogP contribution in [-0.4, -0.2) is 18.4 Å². The second-order valence-corrected chi connectivity index (χ2v) is 6.42. The van der Waals surface area contributed by atoms with E-state index < -0.39 is 17.6 Å². The van der Waals surface area contributed by atoms with Crippen LogP contribution in [0, 0.1) is 17.6 Å². The van der Waals surface area contributed by atoms with Gasteiger partial charge < -0.3 is 10.2 Å². The van der Waals surface area contributed by atoms with E-state index in [1.165, 1.54) is 11.0 Å². The van der Waals surface area contributed by atoms with Crippen molar-refractivity contribution in [3.63, 3.8) is 0 Å². The molecule has 3 rings (SSSR count). The highest BCUT2D eigenvalue weighted by Gasteiger charge is 2.36. The molecule has 4 nitrogen and oxygen atoms in total. The molecule has 0 spiro atoms. The van der Waals surface area contributed by atoms with Crippen molar-refractivity contribution < 1.29 is 18.4 Å². The van der Waals surface area contributed by atoms with E-state index in [1.54, 1.807) is 18.2 Å². The number of carbonyl (C=O) groups is 2. The molecule has 1 N–H and O–H groups in total. The summed E-state index contributed by atoms with van der Waals surface area (Å²) in [6.07, 6.45) is -0.0172. The predicted molar refractivity (Wildman–Crippen MR) is 89.6 cm³/mol. The van der Waals surface area contributed by atoms with Gasteiger partial charge in [0.2, 0.25) is 11.8 Å². The molecule has 0 bridgehead atoms. The van der Waals surface area contributed by atoms with Crippen LogP contribution in [0.2, 0.25) is 0 Å². The predicted octanol–water partition coefficient (Wildman–Crippen LogP) is 3.72. The zero-order chi connectivity index (χ0) is 17.3. The Morgan fingerprint density at radius 1 is 1.21 bits per heavy atom. The first kappa shape index (κ1) is 16.6. The van der Waals surface area contributed by atoms with Crippen LogP contribution in [-0.2, 0) is 9.59 Å². The quantitative estimate of drug-likeness (QED) is 0.862. The third kappa shape index (κ3) is 3.46. The van der Waals surface area contributed by atoms with Gasteiger partial charge in [0.15, 0.2) is 0 Å². The zero-order valence-corrected chi connectivity index (χ0v) is 14.0. The van der Waals surface area contributed by atoms with Gasteiger partial charge in [0.25, 0.3) is 0 Å². The molecular weight excluding hydrogens is 382 g/mol. The Hall–Kier alpha value is -2.28. The van der Waals surface area contributed by atoms with Crippen molar-refractivity contribution in [1.29, 1.82) is 0 Å². The molecule has 0 aliphatic carbocycles. The minimum absolute atomic E-state index is 0.0147. The van der Waals surface area contributed by atoms with Crippen molar-refractivity contribution in [2.24, 2.45) is 5.92 Å². The average molecular weight is 395 g/mol. The number of hydrogen-bond donors (Lipinski definition) is 1. The van der Waals surface area contributed by atoms with E-state index >= 15 is 0 Å². The smallest absolute Gasteiger partial charge is 0.229 e. The van der Waals surface area contributed by atoms with Crippen molar-refractivity contribution in [3.05, 3.63) is 58.6 Å². The van der Waals surface area contributed by atoms with Crippen LogP contribution in [0.3, 0.4) is 0 Å². The number of hydrogen-bond acceptors (Lipinski definition) is 2. The van der Waals surface area contributed by atoms with Crippen LogP contribution >= 0.6 is 15.9 Å². The highest BCUT2D eigenvalue weighted by Crippen LogP contribution is 2.28. The molecule has 0 saturated carbocycles. The highest BCUT2D eigenvalue weighted by atomic mass is 79.9. The Balaban J connectivity index is 1.73. The van der Waals surface area contributed by atoms with E-state index in [1.807, 2.05) is 6.07 Å². The van der Waals surface area contributed by atoms with Crippen LogP contribution in [0.4, 0.5) is 20.2 Å². The van der Waals surface area contributed by atoms with Crippen molar-refractivity contribution in [3.8, 4) is 0 Å². The van der Waals surface area contributed by atoms with E-state index in [0.29, 0.717) is 5.69 Å². The third-order valence-electron chi connectivity index (χ3n) is 3.79. The van der Waals surface area contributed by atoms with Gasteiger partial charge in [-0.3, -0.25) is 9.59 Å². The molecule has 1 unspecified atom stereocenters. The molecule has 7 heteroatoms. The number of nitrogens with one attached hydrogen (secondary N) is 1. The lowest BCUT2D eigenvalue weighted by molar-refractivity contribution is -0.122. The van der Waals surface area contributed by atoms with Gasteiger partial charge in [-0.15, -0.1) is 0 Å². The minimum Gasteiger partial charge on any atom is -0.326 e. The first-order chi connectivity index (χ1) is 11.4. The molecule has 1 atom stereocenters. The summed E-state index contributed by atoms with van der Waals surface area (Å²) in [5.74, 6) is -2.81. The van der Waals surface area contributed by atoms with Crippen molar-refractivity contribution in [1.82, 2.24) is 0 Å². The number of nitrogens with zero attached hydrogens (tertiary/aromatic N) is 1. The Morgan fingerprint density at radius 2 is 2.00 bits per heavy atom. The minimum atomic E-state index is -0.823. The fourth-order valence-corrected chi connectivity index (χ4v) is 3.03. The van der Waals surface area contributed by atoms with Crippen LogP contribution in [0.25, 0.3) is 0 Å². The summed E-state index contributed by atoms with van der Waals surface area (Å²) in [5.41, 5.74) is 0.590. The molecular formula is C17H13BrF2N2O2. The van der Waals surface area contributed by atoms with Crippen molar-refractivity contribution in [2.45, 2.75) is 6.42 Å². The van der Waals surface area contributed by atoms with Crippen LogP contribution in [0.5, 0.6) is 0 Å². The molecule has 124 valence electrons. The number of amides is 2. The number of benzene rings is 2. The topological polar surface area (TPSA) is 49.4 Å². The van der Waals surface area contributed by atoms with Gasteiger partial charge in [-0.1, -0.05) is 22.0 Å². The summed E-state index contributed by atoms with van der Waals surface area (Å²) < 4.78 is 27.7. The lowest BCUT2D eigenvalue weighted by atomic mass is 10.1.